The van der Waals surface area contributed by atoms with Crippen LogP contribution in [0.25, 0.3) is 0 Å². The molecule has 5 heteroatoms. The van der Waals surface area contributed by atoms with Gasteiger partial charge in [-0.05, 0) is 18.4 Å². The van der Waals surface area contributed by atoms with Gasteiger partial charge in [0.2, 0.25) is 5.88 Å². The Morgan fingerprint density at radius 1 is 1.37 bits per heavy atom. The number of nitrogens with one attached hydrogen (secondary N) is 1. The highest BCUT2D eigenvalue weighted by molar-refractivity contribution is 7.09. The second kappa shape index (κ2) is 6.52. The average Bonchev–Trinajstić information content (AvgIpc) is 2.89. The summed E-state index contributed by atoms with van der Waals surface area (Å²) in [5, 5.41) is 5.25. The average molecular weight is 277 g/mol. The van der Waals surface area contributed by atoms with Gasteiger partial charge in [-0.15, -0.1) is 11.3 Å². The van der Waals surface area contributed by atoms with Gasteiger partial charge in [0, 0.05) is 23.4 Å². The van der Waals surface area contributed by atoms with E-state index in [1.165, 1.54) is 4.88 Å². The van der Waals surface area contributed by atoms with Gasteiger partial charge in [0.05, 0.1) is 0 Å². The van der Waals surface area contributed by atoms with E-state index in [4.69, 9.17) is 4.74 Å². The molecule has 0 bridgehead atoms. The van der Waals surface area contributed by atoms with Gasteiger partial charge in [-0.1, -0.05) is 19.9 Å². The summed E-state index contributed by atoms with van der Waals surface area (Å²) in [4.78, 5) is 10.1. The Labute approximate surface area is 117 Å². The highest BCUT2D eigenvalue weighted by Gasteiger charge is 2.09. The van der Waals surface area contributed by atoms with Gasteiger partial charge < -0.3 is 10.1 Å². The number of hydrogen-bond acceptors (Lipinski definition) is 5. The first-order valence-corrected chi connectivity index (χ1v) is 7.35. The fourth-order valence-electron chi connectivity index (χ4n) is 1.59. The standard InChI is InChI=1S/C14H19N3OS/c1-4-15-12-8-13(17-14(16-12)10(2)3)18-9-11-6-5-7-19-11/h5-8,10H,4,9H2,1-3H3,(H,15,16,17). The van der Waals surface area contributed by atoms with Crippen molar-refractivity contribution in [2.45, 2.75) is 33.3 Å². The highest BCUT2D eigenvalue weighted by Crippen LogP contribution is 2.20. The van der Waals surface area contributed by atoms with Crippen molar-refractivity contribution in [3.8, 4) is 5.88 Å². The smallest absolute Gasteiger partial charge is 0.219 e. The van der Waals surface area contributed by atoms with Gasteiger partial charge in [0.25, 0.3) is 0 Å². The van der Waals surface area contributed by atoms with E-state index >= 15 is 0 Å². The maximum absolute atomic E-state index is 5.75. The third kappa shape index (κ3) is 3.92. The van der Waals surface area contributed by atoms with Crippen LogP contribution in [0.15, 0.2) is 23.6 Å². The summed E-state index contributed by atoms with van der Waals surface area (Å²) >= 11 is 1.68. The molecule has 19 heavy (non-hydrogen) atoms. The fraction of sp³-hybridized carbons (Fsp3) is 0.429. The first kappa shape index (κ1) is 13.8. The molecule has 0 unspecified atom stereocenters. The second-order valence-corrected chi connectivity index (χ2v) is 5.53. The van der Waals surface area contributed by atoms with Crippen molar-refractivity contribution in [3.05, 3.63) is 34.3 Å². The molecule has 2 aromatic rings. The molecule has 0 aliphatic carbocycles. The molecular formula is C14H19N3OS. The van der Waals surface area contributed by atoms with Crippen LogP contribution in [0.2, 0.25) is 0 Å². The van der Waals surface area contributed by atoms with Crippen LogP contribution in [0.3, 0.4) is 0 Å². The zero-order valence-corrected chi connectivity index (χ0v) is 12.3. The van der Waals surface area contributed by atoms with E-state index < -0.39 is 0 Å². The molecule has 0 radical (unpaired) electrons. The minimum Gasteiger partial charge on any atom is -0.472 e. The molecule has 102 valence electrons. The summed E-state index contributed by atoms with van der Waals surface area (Å²) in [5.41, 5.74) is 0. The molecule has 4 nitrogen and oxygen atoms in total. The Morgan fingerprint density at radius 2 is 2.21 bits per heavy atom. The van der Waals surface area contributed by atoms with Crippen LogP contribution in [0.1, 0.15) is 37.4 Å². The maximum atomic E-state index is 5.75. The normalized spacial score (nSPS) is 10.7. The minimum atomic E-state index is 0.280. The van der Waals surface area contributed by atoms with Crippen molar-refractivity contribution < 1.29 is 4.74 Å². The molecule has 0 aliphatic rings. The van der Waals surface area contributed by atoms with E-state index in [1.54, 1.807) is 11.3 Å². The van der Waals surface area contributed by atoms with Crippen molar-refractivity contribution in [1.82, 2.24) is 9.97 Å². The Morgan fingerprint density at radius 3 is 2.84 bits per heavy atom. The van der Waals surface area contributed by atoms with Crippen LogP contribution < -0.4 is 10.1 Å². The van der Waals surface area contributed by atoms with Crippen LogP contribution in [-0.2, 0) is 6.61 Å². The Hall–Kier alpha value is -1.62. The van der Waals surface area contributed by atoms with Gasteiger partial charge in [0.15, 0.2) is 0 Å². The number of thiophene rings is 1. The molecule has 2 aromatic heterocycles. The first-order valence-electron chi connectivity index (χ1n) is 6.47. The lowest BCUT2D eigenvalue weighted by atomic mass is 10.2. The molecule has 0 fully saturated rings. The van der Waals surface area contributed by atoms with Gasteiger partial charge in [0.1, 0.15) is 18.2 Å². The summed E-state index contributed by atoms with van der Waals surface area (Å²) in [6.07, 6.45) is 0. The number of ether oxygens (including phenoxy) is 1. The zero-order chi connectivity index (χ0) is 13.7. The fourth-order valence-corrected chi connectivity index (χ4v) is 2.20. The van der Waals surface area contributed by atoms with E-state index in [1.807, 2.05) is 24.4 Å². The third-order valence-electron chi connectivity index (χ3n) is 2.54. The van der Waals surface area contributed by atoms with Crippen LogP contribution in [0.5, 0.6) is 5.88 Å². The van der Waals surface area contributed by atoms with Gasteiger partial charge in [-0.3, -0.25) is 0 Å². The van der Waals surface area contributed by atoms with E-state index in [-0.39, 0.29) is 5.92 Å². The van der Waals surface area contributed by atoms with Crippen molar-refractivity contribution in [3.63, 3.8) is 0 Å². The Bertz CT molecular complexity index is 511. The molecule has 0 aromatic carbocycles. The lowest BCUT2D eigenvalue weighted by Crippen LogP contribution is -2.07. The van der Waals surface area contributed by atoms with Gasteiger partial charge in [-0.25, -0.2) is 4.98 Å². The summed E-state index contributed by atoms with van der Waals surface area (Å²) in [7, 11) is 0. The maximum Gasteiger partial charge on any atom is 0.219 e. The predicted octanol–water partition coefficient (Wildman–Crippen LogP) is 3.67. The monoisotopic (exact) mass is 277 g/mol. The number of hydrogen-bond donors (Lipinski definition) is 1. The van der Waals surface area contributed by atoms with Gasteiger partial charge in [-0.2, -0.15) is 4.98 Å². The van der Waals surface area contributed by atoms with Crippen LogP contribution in [0.4, 0.5) is 5.82 Å². The number of aromatic nitrogens is 2. The van der Waals surface area contributed by atoms with Gasteiger partial charge >= 0.3 is 0 Å². The van der Waals surface area contributed by atoms with E-state index in [2.05, 4.69) is 35.2 Å². The topological polar surface area (TPSA) is 47.0 Å². The minimum absolute atomic E-state index is 0.280. The van der Waals surface area contributed by atoms with Crippen molar-refractivity contribution in [2.24, 2.45) is 0 Å². The molecule has 0 saturated carbocycles. The summed E-state index contributed by atoms with van der Waals surface area (Å²) in [5.74, 6) is 2.53. The zero-order valence-electron chi connectivity index (χ0n) is 11.5. The third-order valence-corrected chi connectivity index (χ3v) is 3.39. The molecule has 2 rings (SSSR count). The molecule has 0 amide bonds. The predicted molar refractivity (Wildman–Crippen MR) is 78.9 cm³/mol. The summed E-state index contributed by atoms with van der Waals surface area (Å²) in [6, 6.07) is 5.93. The van der Waals surface area contributed by atoms with Crippen LogP contribution >= 0.6 is 11.3 Å². The highest BCUT2D eigenvalue weighted by atomic mass is 32.1. The quantitative estimate of drug-likeness (QED) is 0.875. The second-order valence-electron chi connectivity index (χ2n) is 4.50. The molecule has 0 atom stereocenters. The van der Waals surface area contributed by atoms with E-state index in [0.717, 1.165) is 18.2 Å². The van der Waals surface area contributed by atoms with Crippen molar-refractivity contribution in [1.29, 1.82) is 0 Å². The number of rotatable bonds is 6. The molecule has 2 heterocycles. The largest absolute Gasteiger partial charge is 0.472 e. The summed E-state index contributed by atoms with van der Waals surface area (Å²) < 4.78 is 5.75. The Balaban J connectivity index is 2.13. The molecule has 0 saturated heterocycles. The molecule has 0 aliphatic heterocycles. The van der Waals surface area contributed by atoms with Crippen LogP contribution in [0, 0.1) is 0 Å². The number of anilines is 1. The van der Waals surface area contributed by atoms with E-state index in [9.17, 15) is 0 Å². The SMILES string of the molecule is CCNc1cc(OCc2cccs2)nc(C(C)C)n1. The van der Waals surface area contributed by atoms with Crippen LogP contribution in [-0.4, -0.2) is 16.5 Å². The summed E-state index contributed by atoms with van der Waals surface area (Å²) in [6.45, 7) is 7.59. The van der Waals surface area contributed by atoms with Crippen molar-refractivity contribution >= 4 is 17.2 Å². The lowest BCUT2D eigenvalue weighted by Gasteiger charge is -2.11. The molecule has 0 spiro atoms. The lowest BCUT2D eigenvalue weighted by molar-refractivity contribution is 0.295. The Kier molecular flexibility index (Phi) is 4.74. The molecular weight excluding hydrogens is 258 g/mol. The van der Waals surface area contributed by atoms with Crippen molar-refractivity contribution in [2.75, 3.05) is 11.9 Å². The molecule has 1 N–H and O–H groups in total. The number of nitrogens with zero attached hydrogens (tertiary/aromatic N) is 2. The van der Waals surface area contributed by atoms with E-state index in [0.29, 0.717) is 12.5 Å². The first-order chi connectivity index (χ1) is 9.19.